The van der Waals surface area contributed by atoms with Gasteiger partial charge in [0.15, 0.2) is 0 Å². The van der Waals surface area contributed by atoms with E-state index in [2.05, 4.69) is 0 Å². The summed E-state index contributed by atoms with van der Waals surface area (Å²) in [4.78, 5) is 11.2. The Labute approximate surface area is 85.4 Å². The SMILES string of the molecule is CC(C)[C@H](N)C(=O)OCCC(C)(C)O. The average Bonchev–Trinajstić information content (AvgIpc) is 2.00. The number of carbonyl (C=O) groups excluding carboxylic acids is 1. The van der Waals surface area contributed by atoms with Gasteiger partial charge in [-0.25, -0.2) is 0 Å². The molecular weight excluding hydrogens is 182 g/mol. The Morgan fingerprint density at radius 2 is 2.00 bits per heavy atom. The third-order valence-electron chi connectivity index (χ3n) is 1.95. The van der Waals surface area contributed by atoms with Gasteiger partial charge in [-0.2, -0.15) is 0 Å². The lowest BCUT2D eigenvalue weighted by atomic mass is 10.1. The summed E-state index contributed by atoms with van der Waals surface area (Å²) in [5.41, 5.74) is 4.77. The van der Waals surface area contributed by atoms with E-state index in [1.165, 1.54) is 0 Å². The van der Waals surface area contributed by atoms with Crippen LogP contribution in [-0.2, 0) is 9.53 Å². The number of rotatable bonds is 5. The molecule has 0 amide bonds. The highest BCUT2D eigenvalue weighted by atomic mass is 16.5. The van der Waals surface area contributed by atoms with E-state index >= 15 is 0 Å². The molecule has 0 spiro atoms. The molecule has 0 aliphatic rings. The first-order chi connectivity index (χ1) is 6.24. The van der Waals surface area contributed by atoms with Gasteiger partial charge in [-0.05, 0) is 19.8 Å². The molecule has 0 unspecified atom stereocenters. The van der Waals surface area contributed by atoms with E-state index in [-0.39, 0.29) is 12.5 Å². The van der Waals surface area contributed by atoms with Gasteiger partial charge in [-0.3, -0.25) is 4.79 Å². The predicted octanol–water partition coefficient (Wildman–Crippen LogP) is 0.674. The molecule has 14 heavy (non-hydrogen) atoms. The highest BCUT2D eigenvalue weighted by Gasteiger charge is 2.20. The van der Waals surface area contributed by atoms with Crippen molar-refractivity contribution in [2.75, 3.05) is 6.61 Å². The van der Waals surface area contributed by atoms with Crippen molar-refractivity contribution in [3.63, 3.8) is 0 Å². The topological polar surface area (TPSA) is 72.6 Å². The average molecular weight is 203 g/mol. The summed E-state index contributed by atoms with van der Waals surface area (Å²) in [5, 5.41) is 9.36. The van der Waals surface area contributed by atoms with Gasteiger partial charge in [0, 0.05) is 6.42 Å². The molecule has 0 saturated carbocycles. The quantitative estimate of drug-likeness (QED) is 0.644. The molecule has 84 valence electrons. The first-order valence-corrected chi connectivity index (χ1v) is 4.88. The van der Waals surface area contributed by atoms with Crippen LogP contribution in [0.25, 0.3) is 0 Å². The van der Waals surface area contributed by atoms with Crippen molar-refractivity contribution >= 4 is 5.97 Å². The normalized spacial score (nSPS) is 14.2. The number of esters is 1. The molecule has 0 heterocycles. The number of hydrogen-bond donors (Lipinski definition) is 2. The Morgan fingerprint density at radius 3 is 2.36 bits per heavy atom. The summed E-state index contributed by atoms with van der Waals surface area (Å²) in [6, 6.07) is -0.572. The molecule has 0 aromatic rings. The van der Waals surface area contributed by atoms with E-state index in [1.54, 1.807) is 13.8 Å². The molecule has 0 saturated heterocycles. The number of hydrogen-bond acceptors (Lipinski definition) is 4. The zero-order valence-electron chi connectivity index (χ0n) is 9.41. The van der Waals surface area contributed by atoms with Crippen molar-refractivity contribution < 1.29 is 14.6 Å². The summed E-state index contributed by atoms with van der Waals surface area (Å²) in [6.45, 7) is 7.28. The molecule has 0 aromatic heterocycles. The summed E-state index contributed by atoms with van der Waals surface area (Å²) >= 11 is 0. The molecule has 4 nitrogen and oxygen atoms in total. The number of ether oxygens (including phenoxy) is 1. The van der Waals surface area contributed by atoms with E-state index in [1.807, 2.05) is 13.8 Å². The molecule has 0 aliphatic heterocycles. The van der Waals surface area contributed by atoms with Crippen LogP contribution in [0.3, 0.4) is 0 Å². The molecule has 0 bridgehead atoms. The molecule has 1 atom stereocenters. The maximum absolute atomic E-state index is 11.2. The highest BCUT2D eigenvalue weighted by Crippen LogP contribution is 2.08. The monoisotopic (exact) mass is 203 g/mol. The van der Waals surface area contributed by atoms with Crippen LogP contribution in [0.5, 0.6) is 0 Å². The summed E-state index contributed by atoms with van der Waals surface area (Å²) in [6.07, 6.45) is 0.420. The van der Waals surface area contributed by atoms with Gasteiger partial charge in [0.1, 0.15) is 6.04 Å². The lowest BCUT2D eigenvalue weighted by Gasteiger charge is -2.18. The third-order valence-corrected chi connectivity index (χ3v) is 1.95. The van der Waals surface area contributed by atoms with Crippen LogP contribution in [0.1, 0.15) is 34.1 Å². The van der Waals surface area contributed by atoms with Crippen molar-refractivity contribution in [3.05, 3.63) is 0 Å². The van der Waals surface area contributed by atoms with E-state index in [0.29, 0.717) is 6.42 Å². The number of carbonyl (C=O) groups is 1. The smallest absolute Gasteiger partial charge is 0.323 e. The first-order valence-electron chi connectivity index (χ1n) is 4.88. The van der Waals surface area contributed by atoms with Crippen LogP contribution in [0, 0.1) is 5.92 Å². The van der Waals surface area contributed by atoms with Gasteiger partial charge in [0.05, 0.1) is 12.2 Å². The Kier molecular flexibility index (Phi) is 5.08. The van der Waals surface area contributed by atoms with Gasteiger partial charge < -0.3 is 15.6 Å². The second-order valence-electron chi connectivity index (χ2n) is 4.50. The lowest BCUT2D eigenvalue weighted by molar-refractivity contribution is -0.147. The molecule has 0 radical (unpaired) electrons. The Balaban J connectivity index is 3.75. The van der Waals surface area contributed by atoms with Crippen LogP contribution < -0.4 is 5.73 Å². The summed E-state index contributed by atoms with van der Waals surface area (Å²) in [7, 11) is 0. The predicted molar refractivity (Wildman–Crippen MR) is 54.7 cm³/mol. The number of aliphatic hydroxyl groups is 1. The minimum Gasteiger partial charge on any atom is -0.464 e. The fourth-order valence-corrected chi connectivity index (χ4v) is 0.770. The van der Waals surface area contributed by atoms with Crippen LogP contribution >= 0.6 is 0 Å². The van der Waals surface area contributed by atoms with Gasteiger partial charge >= 0.3 is 5.97 Å². The van der Waals surface area contributed by atoms with Crippen molar-refractivity contribution in [2.45, 2.75) is 45.8 Å². The first kappa shape index (κ1) is 13.4. The van der Waals surface area contributed by atoms with Crippen molar-refractivity contribution in [1.82, 2.24) is 0 Å². The summed E-state index contributed by atoms with van der Waals surface area (Å²) in [5.74, 6) is -0.325. The van der Waals surface area contributed by atoms with E-state index in [0.717, 1.165) is 0 Å². The summed E-state index contributed by atoms with van der Waals surface area (Å²) < 4.78 is 4.92. The van der Waals surface area contributed by atoms with Crippen LogP contribution in [0.4, 0.5) is 0 Å². The van der Waals surface area contributed by atoms with E-state index < -0.39 is 17.6 Å². The van der Waals surface area contributed by atoms with Crippen molar-refractivity contribution in [2.24, 2.45) is 11.7 Å². The molecule has 3 N–H and O–H groups in total. The van der Waals surface area contributed by atoms with Gasteiger partial charge in [-0.1, -0.05) is 13.8 Å². The zero-order chi connectivity index (χ0) is 11.4. The van der Waals surface area contributed by atoms with Crippen LogP contribution in [0.15, 0.2) is 0 Å². The van der Waals surface area contributed by atoms with E-state index in [4.69, 9.17) is 10.5 Å². The molecule has 0 aromatic carbocycles. The molecule has 0 rings (SSSR count). The number of nitrogens with two attached hydrogens (primary N) is 1. The maximum atomic E-state index is 11.2. The highest BCUT2D eigenvalue weighted by molar-refractivity contribution is 5.75. The van der Waals surface area contributed by atoms with E-state index in [9.17, 15) is 9.90 Å². The van der Waals surface area contributed by atoms with Gasteiger partial charge in [0.2, 0.25) is 0 Å². The third kappa shape index (κ3) is 5.94. The molecule has 4 heteroatoms. The Bertz CT molecular complexity index is 184. The fourth-order valence-electron chi connectivity index (χ4n) is 0.770. The second-order valence-corrected chi connectivity index (χ2v) is 4.50. The van der Waals surface area contributed by atoms with Crippen LogP contribution in [-0.4, -0.2) is 29.3 Å². The Hall–Kier alpha value is -0.610. The van der Waals surface area contributed by atoms with Crippen molar-refractivity contribution in [3.8, 4) is 0 Å². The van der Waals surface area contributed by atoms with Gasteiger partial charge in [0.25, 0.3) is 0 Å². The Morgan fingerprint density at radius 1 is 1.50 bits per heavy atom. The van der Waals surface area contributed by atoms with Crippen LogP contribution in [0.2, 0.25) is 0 Å². The van der Waals surface area contributed by atoms with Gasteiger partial charge in [-0.15, -0.1) is 0 Å². The molecule has 0 aliphatic carbocycles. The standard InChI is InChI=1S/C10H21NO3/c1-7(2)8(11)9(12)14-6-5-10(3,4)13/h7-8,13H,5-6,11H2,1-4H3/t8-/m0/s1. The lowest BCUT2D eigenvalue weighted by Crippen LogP contribution is -2.37. The largest absolute Gasteiger partial charge is 0.464 e. The maximum Gasteiger partial charge on any atom is 0.323 e. The molecular formula is C10H21NO3. The minimum atomic E-state index is -0.803. The zero-order valence-corrected chi connectivity index (χ0v) is 9.41. The minimum absolute atomic E-state index is 0.0737. The van der Waals surface area contributed by atoms with Crippen molar-refractivity contribution in [1.29, 1.82) is 0 Å². The molecule has 0 fully saturated rings. The fraction of sp³-hybridized carbons (Fsp3) is 0.900. The second kappa shape index (κ2) is 5.32.